The van der Waals surface area contributed by atoms with Gasteiger partial charge in [-0.25, -0.2) is 14.4 Å². The van der Waals surface area contributed by atoms with Crippen molar-refractivity contribution in [2.24, 2.45) is 11.8 Å². The summed E-state index contributed by atoms with van der Waals surface area (Å²) < 4.78 is 19.2. The highest BCUT2D eigenvalue weighted by atomic mass is 35.5. The van der Waals surface area contributed by atoms with Crippen molar-refractivity contribution in [3.8, 4) is 0 Å². The predicted molar refractivity (Wildman–Crippen MR) is 129 cm³/mol. The first-order chi connectivity index (χ1) is 16.6. The molecule has 2 aliphatic heterocycles. The molecule has 0 bridgehead atoms. The molecule has 1 amide bonds. The molecule has 0 unspecified atom stereocenters. The number of carbonyl (C=O) groups excluding carboxylic acids is 1. The van der Waals surface area contributed by atoms with E-state index in [0.29, 0.717) is 11.5 Å². The van der Waals surface area contributed by atoms with Crippen LogP contribution in [0.25, 0.3) is 10.9 Å². The van der Waals surface area contributed by atoms with E-state index < -0.39 is 5.82 Å². The van der Waals surface area contributed by atoms with E-state index in [-0.39, 0.29) is 22.9 Å². The lowest BCUT2D eigenvalue weighted by Gasteiger charge is -2.25. The number of rotatable bonds is 6. The summed E-state index contributed by atoms with van der Waals surface area (Å²) in [6, 6.07) is 9.88. The van der Waals surface area contributed by atoms with E-state index >= 15 is 0 Å². The molecule has 2 atom stereocenters. The Morgan fingerprint density at radius 3 is 2.82 bits per heavy atom. The molecule has 178 valence electrons. The van der Waals surface area contributed by atoms with E-state index in [9.17, 15) is 9.18 Å². The van der Waals surface area contributed by atoms with Crippen LogP contribution in [-0.2, 0) is 11.2 Å². The second kappa shape index (κ2) is 10.3. The molecular weight excluding hydrogens is 455 g/mol. The molecule has 2 fully saturated rings. The maximum absolute atomic E-state index is 13.7. The zero-order chi connectivity index (χ0) is 23.5. The Balaban J connectivity index is 1.37. The smallest absolute Gasteiger partial charge is 0.251 e. The molecule has 34 heavy (non-hydrogen) atoms. The van der Waals surface area contributed by atoms with E-state index in [1.807, 2.05) is 18.3 Å². The van der Waals surface area contributed by atoms with Crippen LogP contribution in [0, 0.1) is 17.7 Å². The number of carbonyl (C=O) groups is 1. The Morgan fingerprint density at radius 1 is 1.21 bits per heavy atom. The summed E-state index contributed by atoms with van der Waals surface area (Å²) in [5, 5.41) is 7.46. The topological polar surface area (TPSA) is 76.1 Å². The van der Waals surface area contributed by atoms with Crippen molar-refractivity contribution in [2.45, 2.75) is 31.7 Å². The van der Waals surface area contributed by atoms with Gasteiger partial charge in [0.05, 0.1) is 16.6 Å². The highest BCUT2D eigenvalue weighted by molar-refractivity contribution is 6.30. The van der Waals surface area contributed by atoms with Gasteiger partial charge in [-0.3, -0.25) is 4.79 Å². The minimum Gasteiger partial charge on any atom is -0.381 e. The van der Waals surface area contributed by atoms with Crippen LogP contribution in [0.3, 0.4) is 0 Å². The molecule has 3 heterocycles. The number of halogens is 2. The number of nitrogens with zero attached hydrogens (tertiary/aromatic N) is 2. The molecule has 3 aromatic rings. The van der Waals surface area contributed by atoms with Gasteiger partial charge in [-0.15, -0.1) is 0 Å². The lowest BCUT2D eigenvalue weighted by Crippen LogP contribution is -2.34. The number of amides is 1. The van der Waals surface area contributed by atoms with Crippen molar-refractivity contribution >= 4 is 28.4 Å². The molecule has 0 radical (unpaired) electrons. The molecular formula is C26H28ClFN4O2. The molecule has 6 nitrogen and oxygen atoms in total. The fraction of sp³-hybridized carbons (Fsp3) is 0.423. The highest BCUT2D eigenvalue weighted by Gasteiger charge is 2.28. The van der Waals surface area contributed by atoms with Gasteiger partial charge in [0.1, 0.15) is 11.6 Å². The van der Waals surface area contributed by atoms with Crippen LogP contribution in [-0.4, -0.2) is 42.2 Å². The zero-order valence-electron chi connectivity index (χ0n) is 18.9. The predicted octanol–water partition coefficient (Wildman–Crippen LogP) is 4.47. The molecule has 5 rings (SSSR count). The summed E-state index contributed by atoms with van der Waals surface area (Å²) in [5.74, 6) is 0.864. The van der Waals surface area contributed by atoms with Crippen molar-refractivity contribution in [3.05, 3.63) is 70.4 Å². The molecule has 0 saturated carbocycles. The monoisotopic (exact) mass is 482 g/mol. The van der Waals surface area contributed by atoms with Gasteiger partial charge in [0, 0.05) is 43.3 Å². The number of aromatic nitrogens is 2. The van der Waals surface area contributed by atoms with E-state index in [2.05, 4.69) is 15.6 Å². The van der Waals surface area contributed by atoms with Gasteiger partial charge in [-0.05, 0) is 67.5 Å². The Kier molecular flexibility index (Phi) is 7.04. The van der Waals surface area contributed by atoms with Crippen LogP contribution in [0.15, 0.2) is 42.6 Å². The van der Waals surface area contributed by atoms with Gasteiger partial charge in [-0.1, -0.05) is 23.7 Å². The third-order valence-electron chi connectivity index (χ3n) is 6.87. The number of benzene rings is 2. The van der Waals surface area contributed by atoms with Gasteiger partial charge in [-0.2, -0.15) is 0 Å². The van der Waals surface area contributed by atoms with Gasteiger partial charge in [0.2, 0.25) is 0 Å². The number of hydrogen-bond donors (Lipinski definition) is 2. The van der Waals surface area contributed by atoms with Crippen molar-refractivity contribution < 1.29 is 13.9 Å². The van der Waals surface area contributed by atoms with E-state index in [0.717, 1.165) is 74.3 Å². The summed E-state index contributed by atoms with van der Waals surface area (Å²) in [5.41, 5.74) is 2.09. The standard InChI is InChI=1S/C26H28ClFN4O2/c27-21-12-17(3-4-22(21)28)25(20-5-8-29-14-20)32-26(33)18-1-2-19-15-30-24(31-23(19)13-18)11-16-6-9-34-10-7-16/h1-4,12-13,15-16,20,25,29H,5-11,14H2,(H,32,33)/t20-,25-/m1/s1. The fourth-order valence-corrected chi connectivity index (χ4v) is 5.06. The van der Waals surface area contributed by atoms with Crippen LogP contribution in [0.5, 0.6) is 0 Å². The fourth-order valence-electron chi connectivity index (χ4n) is 4.88. The van der Waals surface area contributed by atoms with Crippen LogP contribution < -0.4 is 10.6 Å². The summed E-state index contributed by atoms with van der Waals surface area (Å²) in [6.07, 6.45) is 5.60. The second-order valence-electron chi connectivity index (χ2n) is 9.20. The minimum absolute atomic E-state index is 0.0576. The molecule has 1 aromatic heterocycles. The van der Waals surface area contributed by atoms with Gasteiger partial charge in [0.15, 0.2) is 0 Å². The molecule has 0 aliphatic carbocycles. The molecule has 2 saturated heterocycles. The molecule has 2 aromatic carbocycles. The summed E-state index contributed by atoms with van der Waals surface area (Å²) in [4.78, 5) is 22.6. The number of hydrogen-bond acceptors (Lipinski definition) is 5. The number of ether oxygens (including phenoxy) is 1. The molecule has 2 N–H and O–H groups in total. The Morgan fingerprint density at radius 2 is 2.06 bits per heavy atom. The molecule has 0 spiro atoms. The van der Waals surface area contributed by atoms with Crippen LogP contribution in [0.2, 0.25) is 5.02 Å². The molecule has 8 heteroatoms. The molecule has 2 aliphatic rings. The zero-order valence-corrected chi connectivity index (χ0v) is 19.7. The SMILES string of the molecule is O=C(N[C@H](c1ccc(F)c(Cl)c1)[C@@H]1CCNC1)c1ccc2cnc(CC3CCOCC3)nc2c1. The van der Waals surface area contributed by atoms with E-state index in [1.54, 1.807) is 18.2 Å². The van der Waals surface area contributed by atoms with Crippen molar-refractivity contribution in [1.29, 1.82) is 0 Å². The quantitative estimate of drug-likeness (QED) is 0.542. The largest absolute Gasteiger partial charge is 0.381 e. The van der Waals surface area contributed by atoms with Gasteiger partial charge >= 0.3 is 0 Å². The third kappa shape index (κ3) is 5.22. The normalized spacial score (nSPS) is 19.9. The summed E-state index contributed by atoms with van der Waals surface area (Å²) in [6.45, 7) is 3.24. The van der Waals surface area contributed by atoms with Gasteiger partial charge in [0.25, 0.3) is 5.91 Å². The first-order valence-corrected chi connectivity index (χ1v) is 12.2. The lowest BCUT2D eigenvalue weighted by molar-refractivity contribution is 0.0660. The maximum atomic E-state index is 13.7. The van der Waals surface area contributed by atoms with Crippen LogP contribution in [0.1, 0.15) is 47.1 Å². The van der Waals surface area contributed by atoms with Crippen LogP contribution >= 0.6 is 11.6 Å². The maximum Gasteiger partial charge on any atom is 0.251 e. The average molecular weight is 483 g/mol. The van der Waals surface area contributed by atoms with Crippen molar-refractivity contribution in [2.75, 3.05) is 26.3 Å². The number of nitrogens with one attached hydrogen (secondary N) is 2. The van der Waals surface area contributed by atoms with Crippen molar-refractivity contribution in [1.82, 2.24) is 20.6 Å². The Labute approximate surface area is 203 Å². The second-order valence-corrected chi connectivity index (χ2v) is 9.60. The lowest BCUT2D eigenvalue weighted by atomic mass is 9.91. The third-order valence-corrected chi connectivity index (χ3v) is 7.16. The highest BCUT2D eigenvalue weighted by Crippen LogP contribution is 2.30. The minimum atomic E-state index is -0.467. The van der Waals surface area contributed by atoms with Crippen LogP contribution in [0.4, 0.5) is 4.39 Å². The van der Waals surface area contributed by atoms with E-state index in [1.165, 1.54) is 6.07 Å². The number of fused-ring (bicyclic) bond motifs is 1. The average Bonchev–Trinajstić information content (AvgIpc) is 3.39. The Bertz CT molecular complexity index is 1180. The van der Waals surface area contributed by atoms with E-state index in [4.69, 9.17) is 21.3 Å². The first kappa shape index (κ1) is 23.1. The Hall–Kier alpha value is -2.61. The van der Waals surface area contributed by atoms with Crippen molar-refractivity contribution in [3.63, 3.8) is 0 Å². The summed E-state index contributed by atoms with van der Waals surface area (Å²) >= 11 is 6.04. The van der Waals surface area contributed by atoms with Gasteiger partial charge < -0.3 is 15.4 Å². The first-order valence-electron chi connectivity index (χ1n) is 11.9. The summed E-state index contributed by atoms with van der Waals surface area (Å²) in [7, 11) is 0.